The molecule has 11 heteroatoms. The van der Waals surface area contributed by atoms with Crippen LogP contribution in [0, 0.1) is 23.5 Å². The van der Waals surface area contributed by atoms with E-state index in [1.807, 2.05) is 0 Å². The number of benzene rings is 2. The molecular formula is C17H18FN5O5. The van der Waals surface area contributed by atoms with Gasteiger partial charge in [0, 0.05) is 12.6 Å². The Morgan fingerprint density at radius 1 is 1.14 bits per heavy atom. The first-order valence-corrected chi connectivity index (χ1v) is 7.15. The predicted octanol–water partition coefficient (Wildman–Crippen LogP) is 2.70. The summed E-state index contributed by atoms with van der Waals surface area (Å²) in [6, 6.07) is 7.97. The van der Waals surface area contributed by atoms with Crippen LogP contribution < -0.4 is 5.73 Å². The number of rotatable bonds is 2. The Morgan fingerprint density at radius 2 is 1.68 bits per heavy atom. The fraction of sp³-hybridized carbons (Fsp3) is 0.0588. The van der Waals surface area contributed by atoms with Crippen molar-refractivity contribution < 1.29 is 31.1 Å². The molecule has 1 aliphatic heterocycles. The molecule has 2 aromatic carbocycles. The maximum absolute atomic E-state index is 12.6. The lowest BCUT2D eigenvalue weighted by atomic mass is 10.1. The fourth-order valence-electron chi connectivity index (χ4n) is 2.07. The summed E-state index contributed by atoms with van der Waals surface area (Å²) in [4.78, 5) is 27.8. The highest BCUT2D eigenvalue weighted by molar-refractivity contribution is 6.02. The number of hydrogen-bond donors (Lipinski definition) is 5. The van der Waals surface area contributed by atoms with Crippen LogP contribution in [0.25, 0.3) is 4.85 Å². The molecule has 0 aromatic heterocycles. The number of hydrogen-bond acceptors (Lipinski definition) is 6. The lowest BCUT2D eigenvalue weighted by Gasteiger charge is -2.00. The van der Waals surface area contributed by atoms with Crippen LogP contribution in [0.3, 0.4) is 0 Å². The molecule has 8 N–H and O–H groups in total. The molecular weight excluding hydrogens is 373 g/mol. The van der Waals surface area contributed by atoms with Gasteiger partial charge in [-0.1, -0.05) is 6.07 Å². The standard InChI is InChI=1S/C9H8N2O2.C8H4FNO2.H2N2.H2O.H2/c10-8-7-3-5(9(12)13)1-2-6(7)4-11-8;1-10-7-4-5(8(11)12)2-3-6(7)9;1-2;;/h1-3H,4H2,(H2,10,11)(H,12,13);2-4H,(H,11,12);1-2H;1H2;1H. The zero-order valence-corrected chi connectivity index (χ0v) is 14.2. The third-order valence-corrected chi connectivity index (χ3v) is 3.37. The maximum Gasteiger partial charge on any atom is 0.335 e. The van der Waals surface area contributed by atoms with Crippen molar-refractivity contribution in [1.82, 2.24) is 0 Å². The van der Waals surface area contributed by atoms with Gasteiger partial charge in [-0.2, -0.15) is 0 Å². The van der Waals surface area contributed by atoms with Crippen molar-refractivity contribution in [3.8, 4) is 0 Å². The van der Waals surface area contributed by atoms with E-state index in [1.165, 1.54) is 0 Å². The summed E-state index contributed by atoms with van der Waals surface area (Å²) in [5.41, 5.74) is 17.2. The Kier molecular flexibility index (Phi) is 9.14. The van der Waals surface area contributed by atoms with Crippen LogP contribution in [0.5, 0.6) is 0 Å². The minimum absolute atomic E-state index is 0. The molecule has 0 bridgehead atoms. The Balaban J connectivity index is 0. The van der Waals surface area contributed by atoms with Crippen molar-refractivity contribution in [3.05, 3.63) is 75.9 Å². The molecule has 1 heterocycles. The number of carbonyl (C=O) groups is 2. The van der Waals surface area contributed by atoms with Crippen LogP contribution in [0.2, 0.25) is 0 Å². The van der Waals surface area contributed by atoms with Crippen LogP contribution in [0.15, 0.2) is 41.4 Å². The van der Waals surface area contributed by atoms with E-state index < -0.39 is 17.8 Å². The molecule has 148 valence electrons. The number of nitrogens with two attached hydrogens (primary N) is 1. The number of aliphatic imine (C=N–C) groups is 1. The smallest absolute Gasteiger partial charge is 0.335 e. The molecule has 0 amide bonds. The molecule has 3 rings (SSSR count). The third-order valence-electron chi connectivity index (χ3n) is 3.37. The highest BCUT2D eigenvalue weighted by Gasteiger charge is 2.15. The fourth-order valence-corrected chi connectivity index (χ4v) is 2.07. The number of carboxylic acids is 2. The molecule has 28 heavy (non-hydrogen) atoms. The highest BCUT2D eigenvalue weighted by Crippen LogP contribution is 2.19. The van der Waals surface area contributed by atoms with E-state index in [0.717, 1.165) is 29.3 Å². The summed E-state index contributed by atoms with van der Waals surface area (Å²) >= 11 is 0. The normalized spacial score (nSPS) is 10.4. The molecule has 0 fully saturated rings. The van der Waals surface area contributed by atoms with E-state index in [-0.39, 0.29) is 23.7 Å². The summed E-state index contributed by atoms with van der Waals surface area (Å²) in [6.07, 6.45) is 0. The largest absolute Gasteiger partial charge is 0.478 e. The second kappa shape index (κ2) is 10.7. The average Bonchev–Trinajstić information content (AvgIpc) is 3.04. The second-order valence-electron chi connectivity index (χ2n) is 4.96. The van der Waals surface area contributed by atoms with E-state index >= 15 is 0 Å². The monoisotopic (exact) mass is 391 g/mol. The number of nitrogens with one attached hydrogen (secondary N) is 2. The molecule has 10 nitrogen and oxygen atoms in total. The Bertz CT molecular complexity index is 962. The minimum atomic E-state index is -1.17. The first-order chi connectivity index (χ1) is 12.8. The molecule has 0 unspecified atom stereocenters. The maximum atomic E-state index is 12.6. The molecule has 0 saturated carbocycles. The van der Waals surface area contributed by atoms with Gasteiger partial charge in [-0.05, 0) is 35.9 Å². The molecule has 0 spiro atoms. The van der Waals surface area contributed by atoms with Gasteiger partial charge in [-0.15, -0.1) is 0 Å². The Hall–Kier alpha value is -4.17. The first-order valence-electron chi connectivity index (χ1n) is 7.15. The summed E-state index contributed by atoms with van der Waals surface area (Å²) < 4.78 is 12.6. The van der Waals surface area contributed by atoms with Crippen molar-refractivity contribution in [2.24, 2.45) is 10.7 Å². The summed E-state index contributed by atoms with van der Waals surface area (Å²) in [6.45, 7) is 7.07. The average molecular weight is 391 g/mol. The highest BCUT2D eigenvalue weighted by atomic mass is 19.1. The minimum Gasteiger partial charge on any atom is -0.478 e. The van der Waals surface area contributed by atoms with Crippen molar-refractivity contribution in [2.45, 2.75) is 6.54 Å². The zero-order chi connectivity index (χ0) is 20.6. The molecule has 0 saturated heterocycles. The van der Waals surface area contributed by atoms with Gasteiger partial charge in [0.25, 0.3) is 0 Å². The van der Waals surface area contributed by atoms with Gasteiger partial charge in [0.1, 0.15) is 11.7 Å². The van der Waals surface area contributed by atoms with Crippen LogP contribution in [-0.2, 0) is 6.54 Å². The number of carboxylic acid groups (broad SMARTS) is 2. The number of nitrogens with zero attached hydrogens (tertiary/aromatic N) is 2. The molecule has 1 aliphatic rings. The summed E-state index contributed by atoms with van der Waals surface area (Å²) in [7, 11) is 0. The van der Waals surface area contributed by atoms with E-state index in [4.69, 9.17) is 33.6 Å². The Labute approximate surface area is 159 Å². The van der Waals surface area contributed by atoms with Crippen molar-refractivity contribution in [1.29, 1.82) is 11.1 Å². The van der Waals surface area contributed by atoms with Gasteiger partial charge in [0.2, 0.25) is 5.69 Å². The number of aromatic carboxylic acids is 2. The SMILES string of the molecule is N=N.NC1=NCc2ccc(C(=O)O)cc21.O.[C-]#[N+]c1cc(C(=O)O)ccc1F.[HH]. The molecule has 0 aliphatic carbocycles. The van der Waals surface area contributed by atoms with Gasteiger partial charge in [-0.3, -0.25) is 4.99 Å². The molecule has 2 aromatic rings. The van der Waals surface area contributed by atoms with Crippen molar-refractivity contribution in [3.63, 3.8) is 0 Å². The van der Waals surface area contributed by atoms with Gasteiger partial charge >= 0.3 is 11.9 Å². The van der Waals surface area contributed by atoms with Gasteiger partial charge < -0.3 is 21.4 Å². The first kappa shape index (κ1) is 23.8. The van der Waals surface area contributed by atoms with E-state index in [2.05, 4.69) is 9.84 Å². The third kappa shape index (κ3) is 5.68. The number of halogens is 1. The van der Waals surface area contributed by atoms with Gasteiger partial charge in [0.05, 0.1) is 18.7 Å². The second-order valence-corrected chi connectivity index (χ2v) is 4.96. The molecule has 0 radical (unpaired) electrons. The van der Waals surface area contributed by atoms with Crippen LogP contribution in [0.1, 0.15) is 33.3 Å². The number of fused-ring (bicyclic) bond motifs is 1. The van der Waals surface area contributed by atoms with Crippen LogP contribution in [-0.4, -0.2) is 33.5 Å². The lowest BCUT2D eigenvalue weighted by Crippen LogP contribution is -2.11. The van der Waals surface area contributed by atoms with Crippen LogP contribution in [0.4, 0.5) is 10.1 Å². The van der Waals surface area contributed by atoms with E-state index in [9.17, 15) is 14.0 Å². The Morgan fingerprint density at radius 3 is 2.21 bits per heavy atom. The quantitative estimate of drug-likeness (QED) is 0.386. The summed E-state index contributed by atoms with van der Waals surface area (Å²) in [5, 5.41) is 17.2. The topological polar surface area (TPSA) is 197 Å². The predicted molar refractivity (Wildman–Crippen MR) is 98.6 cm³/mol. The van der Waals surface area contributed by atoms with Gasteiger partial charge in [-0.25, -0.2) is 29.9 Å². The number of amidine groups is 1. The zero-order valence-electron chi connectivity index (χ0n) is 14.2. The van der Waals surface area contributed by atoms with Gasteiger partial charge in [0.15, 0.2) is 0 Å². The van der Waals surface area contributed by atoms with Crippen molar-refractivity contribution >= 4 is 23.5 Å². The van der Waals surface area contributed by atoms with Crippen molar-refractivity contribution in [2.75, 3.05) is 0 Å². The van der Waals surface area contributed by atoms with E-state index in [0.29, 0.717) is 12.4 Å². The summed E-state index contributed by atoms with van der Waals surface area (Å²) in [5.74, 6) is -2.38. The van der Waals surface area contributed by atoms with E-state index in [1.54, 1.807) is 18.2 Å². The molecule has 0 atom stereocenters. The van der Waals surface area contributed by atoms with Crippen LogP contribution >= 0.6 is 0 Å². The lowest BCUT2D eigenvalue weighted by molar-refractivity contribution is 0.0686.